The van der Waals surface area contributed by atoms with E-state index in [1.807, 2.05) is 60.7 Å². The number of para-hydroxylation sites is 1. The Kier molecular flexibility index (Phi) is 5.73. The van der Waals surface area contributed by atoms with E-state index < -0.39 is 6.09 Å². The van der Waals surface area contributed by atoms with Gasteiger partial charge in [0.2, 0.25) is 0 Å². The van der Waals surface area contributed by atoms with Crippen LogP contribution in [0.5, 0.6) is 0 Å². The minimum atomic E-state index is -0.392. The zero-order valence-corrected chi connectivity index (χ0v) is 15.7. The van der Waals surface area contributed by atoms with Gasteiger partial charge >= 0.3 is 6.09 Å². The Morgan fingerprint density at radius 1 is 1.04 bits per heavy atom. The van der Waals surface area contributed by atoms with Crippen molar-refractivity contribution >= 4 is 11.8 Å². The number of nitrogens with zero attached hydrogens (tertiary/aromatic N) is 1. The number of amides is 1. The molecule has 0 spiro atoms. The van der Waals surface area contributed by atoms with Crippen LogP contribution in [0.25, 0.3) is 11.1 Å². The van der Waals surface area contributed by atoms with Crippen molar-refractivity contribution in [3.05, 3.63) is 78.8 Å². The molecular weight excluding hydrogens is 352 g/mol. The van der Waals surface area contributed by atoms with Crippen molar-refractivity contribution in [2.24, 2.45) is 0 Å². The van der Waals surface area contributed by atoms with E-state index in [9.17, 15) is 4.79 Å². The van der Waals surface area contributed by atoms with E-state index >= 15 is 0 Å². The monoisotopic (exact) mass is 376 g/mol. The molecule has 144 valence electrons. The molecule has 1 fully saturated rings. The second-order valence-corrected chi connectivity index (χ2v) is 7.05. The molecule has 1 amide bonds. The number of anilines is 1. The molecule has 1 aromatic heterocycles. The van der Waals surface area contributed by atoms with Crippen molar-refractivity contribution < 1.29 is 13.9 Å². The Hall–Kier alpha value is -3.05. The van der Waals surface area contributed by atoms with Crippen molar-refractivity contribution in [1.29, 1.82) is 0 Å². The summed E-state index contributed by atoms with van der Waals surface area (Å²) in [5.74, 6) is 0. The highest BCUT2D eigenvalue weighted by Crippen LogP contribution is 2.28. The Balaban J connectivity index is 1.31. The lowest BCUT2D eigenvalue weighted by Gasteiger charge is -2.31. The molecule has 0 aliphatic carbocycles. The van der Waals surface area contributed by atoms with Crippen LogP contribution in [-0.4, -0.2) is 30.2 Å². The van der Waals surface area contributed by atoms with Gasteiger partial charge in [0, 0.05) is 30.8 Å². The first-order chi connectivity index (χ1) is 13.8. The summed E-state index contributed by atoms with van der Waals surface area (Å²) < 4.78 is 10.8. The predicted molar refractivity (Wildman–Crippen MR) is 109 cm³/mol. The lowest BCUT2D eigenvalue weighted by Crippen LogP contribution is -2.38. The van der Waals surface area contributed by atoms with E-state index in [-0.39, 0.29) is 6.10 Å². The highest BCUT2D eigenvalue weighted by molar-refractivity contribution is 5.91. The molecule has 1 saturated heterocycles. The van der Waals surface area contributed by atoms with Gasteiger partial charge in [-0.05, 0) is 30.5 Å². The molecule has 2 aromatic carbocycles. The first kappa shape index (κ1) is 18.3. The van der Waals surface area contributed by atoms with Crippen molar-refractivity contribution in [1.82, 2.24) is 4.90 Å². The van der Waals surface area contributed by atoms with Gasteiger partial charge < -0.3 is 9.15 Å². The van der Waals surface area contributed by atoms with E-state index in [0.29, 0.717) is 0 Å². The zero-order chi connectivity index (χ0) is 19.2. The third-order valence-corrected chi connectivity index (χ3v) is 5.04. The molecule has 0 saturated carbocycles. The third-order valence-electron chi connectivity index (χ3n) is 5.04. The van der Waals surface area contributed by atoms with E-state index in [4.69, 9.17) is 9.15 Å². The lowest BCUT2D eigenvalue weighted by molar-refractivity contribution is 0.0566. The molecule has 0 radical (unpaired) electrons. The summed E-state index contributed by atoms with van der Waals surface area (Å²) in [6.07, 6.45) is 4.71. The van der Waals surface area contributed by atoms with Crippen molar-refractivity contribution in [2.75, 3.05) is 18.4 Å². The van der Waals surface area contributed by atoms with E-state index in [0.717, 1.165) is 49.3 Å². The molecule has 5 heteroatoms. The van der Waals surface area contributed by atoms with Gasteiger partial charge in [-0.15, -0.1) is 0 Å². The average molecular weight is 376 g/mol. The third kappa shape index (κ3) is 4.61. The molecule has 0 bridgehead atoms. The number of likely N-dealkylation sites (tertiary alicyclic amines) is 1. The van der Waals surface area contributed by atoms with Crippen LogP contribution in [0.1, 0.15) is 18.4 Å². The van der Waals surface area contributed by atoms with Gasteiger partial charge in [-0.25, -0.2) is 4.79 Å². The second-order valence-electron chi connectivity index (χ2n) is 7.05. The minimum Gasteiger partial charge on any atom is -0.472 e. The molecule has 28 heavy (non-hydrogen) atoms. The quantitative estimate of drug-likeness (QED) is 0.668. The highest BCUT2D eigenvalue weighted by Gasteiger charge is 2.23. The van der Waals surface area contributed by atoms with Gasteiger partial charge in [0.1, 0.15) is 6.10 Å². The molecule has 4 rings (SSSR count). The summed E-state index contributed by atoms with van der Waals surface area (Å²) >= 11 is 0. The minimum absolute atomic E-state index is 0.0514. The summed E-state index contributed by atoms with van der Waals surface area (Å²) in [5, 5.41) is 2.92. The fraction of sp³-hybridized carbons (Fsp3) is 0.261. The SMILES string of the molecule is O=C(Nc1ccccc1-c1ccccc1)OC1CCN(Cc2ccoc2)CC1. The molecule has 1 N–H and O–H groups in total. The fourth-order valence-corrected chi connectivity index (χ4v) is 3.58. The number of hydrogen-bond donors (Lipinski definition) is 1. The number of carbonyl (C=O) groups excluding carboxylic acids is 1. The first-order valence-electron chi connectivity index (χ1n) is 9.63. The maximum absolute atomic E-state index is 12.4. The summed E-state index contributed by atoms with van der Waals surface area (Å²) in [4.78, 5) is 14.8. The number of carbonyl (C=O) groups is 1. The van der Waals surface area contributed by atoms with Gasteiger partial charge in [0.05, 0.1) is 18.2 Å². The van der Waals surface area contributed by atoms with Crippen LogP contribution < -0.4 is 5.32 Å². The molecular formula is C23H24N2O3. The van der Waals surface area contributed by atoms with Gasteiger partial charge in [0.25, 0.3) is 0 Å². The van der Waals surface area contributed by atoms with Crippen LogP contribution in [0.15, 0.2) is 77.6 Å². The molecule has 5 nitrogen and oxygen atoms in total. The van der Waals surface area contributed by atoms with E-state index in [1.165, 1.54) is 5.56 Å². The zero-order valence-electron chi connectivity index (χ0n) is 15.7. The van der Waals surface area contributed by atoms with Crippen molar-refractivity contribution in [3.63, 3.8) is 0 Å². The topological polar surface area (TPSA) is 54.7 Å². The molecule has 1 aliphatic heterocycles. The smallest absolute Gasteiger partial charge is 0.411 e. The maximum Gasteiger partial charge on any atom is 0.411 e. The largest absolute Gasteiger partial charge is 0.472 e. The lowest BCUT2D eigenvalue weighted by atomic mass is 10.0. The van der Waals surface area contributed by atoms with Crippen molar-refractivity contribution in [3.8, 4) is 11.1 Å². The standard InChI is InChI=1S/C23H24N2O3/c26-23(24-22-9-5-4-8-21(22)19-6-2-1-3-7-19)28-20-10-13-25(14-11-20)16-18-12-15-27-17-18/h1-9,12,15,17,20H,10-11,13-14,16H2,(H,24,26). The van der Waals surface area contributed by atoms with E-state index in [1.54, 1.807) is 12.5 Å². The number of ether oxygens (including phenoxy) is 1. The van der Waals surface area contributed by atoms with E-state index in [2.05, 4.69) is 10.2 Å². The Morgan fingerprint density at radius 2 is 1.79 bits per heavy atom. The number of hydrogen-bond acceptors (Lipinski definition) is 4. The molecule has 3 aromatic rings. The van der Waals surface area contributed by atoms with Crippen LogP contribution >= 0.6 is 0 Å². The maximum atomic E-state index is 12.4. The Bertz CT molecular complexity index is 885. The number of furan rings is 1. The van der Waals surface area contributed by atoms with Crippen LogP contribution in [0.4, 0.5) is 10.5 Å². The second kappa shape index (κ2) is 8.76. The van der Waals surface area contributed by atoms with Gasteiger partial charge in [-0.2, -0.15) is 0 Å². The average Bonchev–Trinajstić information content (AvgIpc) is 3.24. The number of rotatable bonds is 5. The van der Waals surface area contributed by atoms with Crippen LogP contribution in [0.2, 0.25) is 0 Å². The molecule has 2 heterocycles. The normalized spacial score (nSPS) is 15.3. The summed E-state index contributed by atoms with van der Waals surface area (Å²) in [5.41, 5.74) is 3.98. The Labute approximate surface area is 164 Å². The fourth-order valence-electron chi connectivity index (χ4n) is 3.58. The first-order valence-corrected chi connectivity index (χ1v) is 9.63. The van der Waals surface area contributed by atoms with Crippen LogP contribution in [-0.2, 0) is 11.3 Å². The molecule has 0 unspecified atom stereocenters. The predicted octanol–water partition coefficient (Wildman–Crippen LogP) is 5.16. The van der Waals surface area contributed by atoms with Gasteiger partial charge in [-0.1, -0.05) is 48.5 Å². The van der Waals surface area contributed by atoms with Crippen LogP contribution in [0, 0.1) is 0 Å². The summed E-state index contributed by atoms with van der Waals surface area (Å²) in [6.45, 7) is 2.69. The number of benzene rings is 2. The summed E-state index contributed by atoms with van der Waals surface area (Å²) in [6, 6.07) is 19.8. The Morgan fingerprint density at radius 3 is 2.54 bits per heavy atom. The van der Waals surface area contributed by atoms with Crippen molar-refractivity contribution in [2.45, 2.75) is 25.5 Å². The molecule has 0 atom stereocenters. The highest BCUT2D eigenvalue weighted by atomic mass is 16.6. The molecule has 1 aliphatic rings. The number of nitrogens with one attached hydrogen (secondary N) is 1. The van der Waals surface area contributed by atoms with Gasteiger partial charge in [-0.3, -0.25) is 10.2 Å². The van der Waals surface area contributed by atoms with Crippen LogP contribution in [0.3, 0.4) is 0 Å². The summed E-state index contributed by atoms with van der Waals surface area (Å²) in [7, 11) is 0. The number of piperidine rings is 1. The van der Waals surface area contributed by atoms with Gasteiger partial charge in [0.15, 0.2) is 0 Å².